The molecule has 3 rings (SSSR count). The number of nitrogens with one attached hydrogen (secondary N) is 1. The molecule has 5 heteroatoms. The fourth-order valence-electron chi connectivity index (χ4n) is 2.78. The highest BCUT2D eigenvalue weighted by atomic mass is 16.5. The number of nitrogens with zero attached hydrogens (tertiary/aromatic N) is 3. The van der Waals surface area contributed by atoms with E-state index in [0.717, 1.165) is 18.8 Å². The van der Waals surface area contributed by atoms with Gasteiger partial charge in [0.2, 0.25) is 0 Å². The summed E-state index contributed by atoms with van der Waals surface area (Å²) in [6.45, 7) is 1.81. The largest absolute Gasteiger partial charge is 0.496 e. The van der Waals surface area contributed by atoms with Gasteiger partial charge in [0.25, 0.3) is 0 Å². The van der Waals surface area contributed by atoms with E-state index in [0.29, 0.717) is 12.0 Å². The molecular weight excluding hydrogens is 252 g/mol. The Bertz CT molecular complexity index is 535. The minimum absolute atomic E-state index is 0.605. The number of benzene rings is 1. The van der Waals surface area contributed by atoms with E-state index in [-0.39, 0.29) is 0 Å². The lowest BCUT2D eigenvalue weighted by Gasteiger charge is -2.37. The topological polar surface area (TPSA) is 52.0 Å². The quantitative estimate of drug-likeness (QED) is 0.871. The van der Waals surface area contributed by atoms with Crippen molar-refractivity contribution in [2.24, 2.45) is 0 Å². The smallest absolute Gasteiger partial charge is 0.122 e. The van der Waals surface area contributed by atoms with Crippen molar-refractivity contribution in [2.45, 2.75) is 31.3 Å². The molecule has 1 N–H and O–H groups in total. The van der Waals surface area contributed by atoms with Gasteiger partial charge in [-0.15, -0.1) is 5.10 Å². The molecule has 1 aromatic carbocycles. The van der Waals surface area contributed by atoms with Crippen molar-refractivity contribution in [3.63, 3.8) is 0 Å². The summed E-state index contributed by atoms with van der Waals surface area (Å²) < 4.78 is 7.28. The van der Waals surface area contributed by atoms with Crippen molar-refractivity contribution >= 4 is 0 Å². The van der Waals surface area contributed by atoms with Crippen molar-refractivity contribution in [2.75, 3.05) is 13.7 Å². The maximum Gasteiger partial charge on any atom is 0.122 e. The molecule has 1 aliphatic carbocycles. The summed E-state index contributed by atoms with van der Waals surface area (Å²) in [6, 6.07) is 8.93. The van der Waals surface area contributed by atoms with Crippen molar-refractivity contribution < 1.29 is 4.74 Å². The molecule has 0 aliphatic heterocycles. The summed E-state index contributed by atoms with van der Waals surface area (Å²) in [5.74, 6) is 1.63. The Morgan fingerprint density at radius 2 is 2.20 bits per heavy atom. The maximum absolute atomic E-state index is 5.43. The van der Waals surface area contributed by atoms with Gasteiger partial charge in [-0.2, -0.15) is 0 Å². The molecule has 5 nitrogen and oxygen atoms in total. The zero-order valence-electron chi connectivity index (χ0n) is 11.7. The third-order valence-electron chi connectivity index (χ3n) is 3.96. The van der Waals surface area contributed by atoms with Crippen LogP contribution in [0.2, 0.25) is 0 Å². The Balaban J connectivity index is 1.44. The van der Waals surface area contributed by atoms with Gasteiger partial charge in [0.1, 0.15) is 5.75 Å². The average Bonchev–Trinajstić information content (AvgIpc) is 2.94. The van der Waals surface area contributed by atoms with E-state index in [4.69, 9.17) is 4.74 Å². The molecule has 0 unspecified atom stereocenters. The maximum atomic E-state index is 5.43. The van der Waals surface area contributed by atoms with Crippen LogP contribution in [-0.4, -0.2) is 34.7 Å². The van der Waals surface area contributed by atoms with Crippen LogP contribution in [0, 0.1) is 0 Å². The van der Waals surface area contributed by atoms with Crippen LogP contribution in [0.15, 0.2) is 36.7 Å². The number of ether oxygens (including phenoxy) is 1. The summed E-state index contributed by atoms with van der Waals surface area (Å²) in [4.78, 5) is 0. The first-order valence-electron chi connectivity index (χ1n) is 7.07. The Morgan fingerprint density at radius 3 is 2.95 bits per heavy atom. The highest BCUT2D eigenvalue weighted by Gasteiger charge is 2.31. The number of para-hydroxylation sites is 1. The molecule has 2 aromatic rings. The second-order valence-corrected chi connectivity index (χ2v) is 5.23. The van der Waals surface area contributed by atoms with Crippen molar-refractivity contribution in [3.8, 4) is 5.75 Å². The lowest BCUT2D eigenvalue weighted by Crippen LogP contribution is -2.41. The minimum Gasteiger partial charge on any atom is -0.496 e. The zero-order chi connectivity index (χ0) is 13.8. The normalized spacial score (nSPS) is 21.4. The molecular formula is C15H20N4O. The Morgan fingerprint density at radius 1 is 1.35 bits per heavy atom. The van der Waals surface area contributed by atoms with Gasteiger partial charge < -0.3 is 10.1 Å². The van der Waals surface area contributed by atoms with E-state index in [1.807, 2.05) is 23.0 Å². The van der Waals surface area contributed by atoms with Gasteiger partial charge in [0, 0.05) is 18.8 Å². The van der Waals surface area contributed by atoms with E-state index >= 15 is 0 Å². The van der Waals surface area contributed by atoms with E-state index in [2.05, 4.69) is 27.8 Å². The van der Waals surface area contributed by atoms with Gasteiger partial charge in [-0.05, 0) is 30.4 Å². The second kappa shape index (κ2) is 6.05. The number of hydrogen-bond donors (Lipinski definition) is 1. The third kappa shape index (κ3) is 2.82. The highest BCUT2D eigenvalue weighted by molar-refractivity contribution is 5.37. The fraction of sp³-hybridized carbons (Fsp3) is 0.467. The standard InChI is InChI=1S/C15H20N4O/c1-20-15-5-3-2-4-14(15)12-10-13(11-12)16-6-8-19-9-7-17-18-19/h2-5,7,9,12-13,16H,6,8,10-11H2,1H3. The Hall–Kier alpha value is -1.88. The number of aromatic nitrogens is 3. The lowest BCUT2D eigenvalue weighted by molar-refractivity contribution is 0.279. The highest BCUT2D eigenvalue weighted by Crippen LogP contribution is 2.40. The molecule has 1 aromatic heterocycles. The zero-order valence-corrected chi connectivity index (χ0v) is 11.7. The van der Waals surface area contributed by atoms with Crippen LogP contribution in [0.4, 0.5) is 0 Å². The number of methoxy groups -OCH3 is 1. The molecule has 1 saturated carbocycles. The first-order chi connectivity index (χ1) is 9.86. The molecule has 1 aliphatic rings. The number of hydrogen-bond acceptors (Lipinski definition) is 4. The van der Waals surface area contributed by atoms with Gasteiger partial charge in [0.05, 0.1) is 19.9 Å². The first kappa shape index (κ1) is 13.1. The molecule has 106 valence electrons. The predicted molar refractivity (Wildman–Crippen MR) is 76.8 cm³/mol. The van der Waals surface area contributed by atoms with Crippen LogP contribution >= 0.6 is 0 Å². The fourth-order valence-corrected chi connectivity index (χ4v) is 2.78. The Kier molecular flexibility index (Phi) is 3.97. The van der Waals surface area contributed by atoms with Crippen molar-refractivity contribution in [1.82, 2.24) is 20.3 Å². The van der Waals surface area contributed by atoms with Gasteiger partial charge in [-0.3, -0.25) is 4.68 Å². The summed E-state index contributed by atoms with van der Waals surface area (Å²) in [7, 11) is 1.74. The van der Waals surface area contributed by atoms with Crippen LogP contribution in [-0.2, 0) is 6.54 Å². The first-order valence-corrected chi connectivity index (χ1v) is 7.07. The Labute approximate surface area is 118 Å². The van der Waals surface area contributed by atoms with E-state index in [1.54, 1.807) is 13.3 Å². The van der Waals surface area contributed by atoms with Gasteiger partial charge in [-0.1, -0.05) is 23.4 Å². The minimum atomic E-state index is 0.605. The van der Waals surface area contributed by atoms with E-state index < -0.39 is 0 Å². The van der Waals surface area contributed by atoms with Crippen LogP contribution in [0.1, 0.15) is 24.3 Å². The van der Waals surface area contributed by atoms with Crippen LogP contribution < -0.4 is 10.1 Å². The van der Waals surface area contributed by atoms with Crippen LogP contribution in [0.5, 0.6) is 5.75 Å². The lowest BCUT2D eigenvalue weighted by atomic mass is 9.75. The SMILES string of the molecule is COc1ccccc1C1CC(NCCn2ccnn2)C1. The molecule has 20 heavy (non-hydrogen) atoms. The molecule has 1 fully saturated rings. The van der Waals surface area contributed by atoms with Crippen molar-refractivity contribution in [3.05, 3.63) is 42.2 Å². The number of rotatable bonds is 6. The molecule has 0 saturated heterocycles. The molecule has 1 heterocycles. The second-order valence-electron chi connectivity index (χ2n) is 5.23. The monoisotopic (exact) mass is 272 g/mol. The van der Waals surface area contributed by atoms with E-state index in [9.17, 15) is 0 Å². The molecule has 0 spiro atoms. The summed E-state index contributed by atoms with van der Waals surface area (Å²) in [5, 5.41) is 11.3. The van der Waals surface area contributed by atoms with Gasteiger partial charge in [0.15, 0.2) is 0 Å². The summed E-state index contributed by atoms with van der Waals surface area (Å²) in [5.41, 5.74) is 1.34. The molecule has 0 amide bonds. The predicted octanol–water partition coefficient (Wildman–Crippen LogP) is 1.82. The summed E-state index contributed by atoms with van der Waals surface area (Å²) >= 11 is 0. The van der Waals surface area contributed by atoms with Gasteiger partial charge >= 0.3 is 0 Å². The van der Waals surface area contributed by atoms with Gasteiger partial charge in [-0.25, -0.2) is 0 Å². The van der Waals surface area contributed by atoms with Crippen LogP contribution in [0.25, 0.3) is 0 Å². The average molecular weight is 272 g/mol. The molecule has 0 bridgehead atoms. The third-order valence-corrected chi connectivity index (χ3v) is 3.96. The summed E-state index contributed by atoms with van der Waals surface area (Å²) in [6.07, 6.45) is 5.95. The molecule has 0 radical (unpaired) electrons. The molecule has 0 atom stereocenters. The van der Waals surface area contributed by atoms with E-state index in [1.165, 1.54) is 18.4 Å². The van der Waals surface area contributed by atoms with Crippen LogP contribution in [0.3, 0.4) is 0 Å². The van der Waals surface area contributed by atoms with Crippen molar-refractivity contribution in [1.29, 1.82) is 0 Å².